The van der Waals surface area contributed by atoms with Crippen LogP contribution in [-0.4, -0.2) is 21.8 Å². The van der Waals surface area contributed by atoms with Crippen molar-refractivity contribution in [2.75, 3.05) is 0 Å². The van der Waals surface area contributed by atoms with Gasteiger partial charge in [0.05, 0.1) is 17.8 Å². The minimum Gasteiger partial charge on any atom is -0.491 e. The molecule has 2 rings (SSSR count). The summed E-state index contributed by atoms with van der Waals surface area (Å²) in [6, 6.07) is 9.88. The number of aryl methyl sites for hydroxylation is 2. The van der Waals surface area contributed by atoms with Gasteiger partial charge in [-0.1, -0.05) is 12.1 Å². The van der Waals surface area contributed by atoms with Crippen LogP contribution in [0.2, 0.25) is 0 Å². The number of nitrogens with one attached hydrogen (secondary N) is 1. The molecule has 1 aromatic carbocycles. The van der Waals surface area contributed by atoms with Crippen molar-refractivity contribution in [1.29, 1.82) is 0 Å². The van der Waals surface area contributed by atoms with Crippen LogP contribution in [-0.2, 0) is 11.3 Å². The number of hydrogen-bond donors (Lipinski definition) is 1. The highest BCUT2D eigenvalue weighted by molar-refractivity contribution is 5.76. The van der Waals surface area contributed by atoms with Crippen molar-refractivity contribution < 1.29 is 9.53 Å². The summed E-state index contributed by atoms with van der Waals surface area (Å²) in [6.07, 6.45) is 0.572. The average Bonchev–Trinajstić information content (AvgIpc) is 2.85. The van der Waals surface area contributed by atoms with Crippen molar-refractivity contribution in [3.63, 3.8) is 0 Å². The fraction of sp³-hybridized carbons (Fsp3) is 0.474. The van der Waals surface area contributed by atoms with E-state index in [0.29, 0.717) is 13.0 Å². The summed E-state index contributed by atoms with van der Waals surface area (Å²) in [6.45, 7) is 10.5. The summed E-state index contributed by atoms with van der Waals surface area (Å²) in [4.78, 5) is 12.2. The predicted molar refractivity (Wildman–Crippen MR) is 95.1 cm³/mol. The predicted octanol–water partition coefficient (Wildman–Crippen LogP) is 3.55. The molecule has 1 amide bonds. The zero-order valence-corrected chi connectivity index (χ0v) is 15.2. The van der Waals surface area contributed by atoms with Gasteiger partial charge in [-0.15, -0.1) is 0 Å². The Morgan fingerprint density at radius 2 is 1.88 bits per heavy atom. The average molecular weight is 329 g/mol. The normalized spacial score (nSPS) is 12.2. The lowest BCUT2D eigenvalue weighted by Crippen LogP contribution is -2.26. The first-order chi connectivity index (χ1) is 11.3. The van der Waals surface area contributed by atoms with Gasteiger partial charge >= 0.3 is 0 Å². The monoisotopic (exact) mass is 329 g/mol. The highest BCUT2D eigenvalue weighted by Gasteiger charge is 2.13. The lowest BCUT2D eigenvalue weighted by molar-refractivity contribution is -0.122. The summed E-state index contributed by atoms with van der Waals surface area (Å²) in [5.41, 5.74) is 3.11. The minimum absolute atomic E-state index is 0.0255. The molecule has 0 radical (unpaired) electrons. The van der Waals surface area contributed by atoms with Crippen LogP contribution < -0.4 is 10.1 Å². The van der Waals surface area contributed by atoms with E-state index in [-0.39, 0.29) is 18.1 Å². The molecule has 0 spiro atoms. The van der Waals surface area contributed by atoms with Crippen LogP contribution in [0.4, 0.5) is 0 Å². The SMILES string of the molecule is Cc1cc(C)n([C@@H](C)CC(=O)NCc2ccc(OC(C)C)cc2)n1. The fourth-order valence-corrected chi connectivity index (χ4v) is 2.68. The third-order valence-corrected chi connectivity index (χ3v) is 3.73. The van der Waals surface area contributed by atoms with E-state index in [1.54, 1.807) is 0 Å². The number of ether oxygens (including phenoxy) is 1. The van der Waals surface area contributed by atoms with Crippen molar-refractivity contribution in [3.8, 4) is 5.75 Å². The second-order valence-corrected chi connectivity index (χ2v) is 6.51. The lowest BCUT2D eigenvalue weighted by atomic mass is 10.2. The van der Waals surface area contributed by atoms with Crippen molar-refractivity contribution in [2.24, 2.45) is 0 Å². The fourth-order valence-electron chi connectivity index (χ4n) is 2.68. The molecule has 2 aromatic rings. The van der Waals surface area contributed by atoms with E-state index in [4.69, 9.17) is 4.74 Å². The number of amides is 1. The molecule has 0 fully saturated rings. The minimum atomic E-state index is 0.0255. The molecule has 130 valence electrons. The first kappa shape index (κ1) is 18.0. The number of aromatic nitrogens is 2. The molecule has 0 aliphatic heterocycles. The van der Waals surface area contributed by atoms with Crippen molar-refractivity contribution in [2.45, 2.75) is 59.7 Å². The summed E-state index contributed by atoms with van der Waals surface area (Å²) < 4.78 is 7.52. The molecule has 24 heavy (non-hydrogen) atoms. The lowest BCUT2D eigenvalue weighted by Gasteiger charge is -2.14. The molecule has 1 atom stereocenters. The van der Waals surface area contributed by atoms with E-state index in [0.717, 1.165) is 22.7 Å². The van der Waals surface area contributed by atoms with E-state index in [1.165, 1.54) is 0 Å². The molecule has 0 aliphatic rings. The van der Waals surface area contributed by atoms with Gasteiger partial charge in [0.25, 0.3) is 0 Å². The van der Waals surface area contributed by atoms with E-state index in [1.807, 2.05) is 69.6 Å². The second-order valence-electron chi connectivity index (χ2n) is 6.51. The Kier molecular flexibility index (Phi) is 6.01. The molecule has 0 saturated carbocycles. The Bertz CT molecular complexity index is 674. The van der Waals surface area contributed by atoms with Crippen molar-refractivity contribution in [3.05, 3.63) is 47.3 Å². The molecular formula is C19H27N3O2. The van der Waals surface area contributed by atoms with Crippen LogP contribution in [0.15, 0.2) is 30.3 Å². The number of benzene rings is 1. The van der Waals surface area contributed by atoms with Crippen LogP contribution in [0, 0.1) is 13.8 Å². The molecule has 1 heterocycles. The quantitative estimate of drug-likeness (QED) is 0.845. The molecule has 0 unspecified atom stereocenters. The first-order valence-corrected chi connectivity index (χ1v) is 8.40. The van der Waals surface area contributed by atoms with Gasteiger partial charge in [-0.3, -0.25) is 9.48 Å². The number of nitrogens with zero attached hydrogens (tertiary/aromatic N) is 2. The smallest absolute Gasteiger partial charge is 0.222 e. The van der Waals surface area contributed by atoms with Crippen LogP contribution in [0.1, 0.15) is 50.2 Å². The summed E-state index contributed by atoms with van der Waals surface area (Å²) in [5, 5.41) is 7.40. The molecule has 1 aromatic heterocycles. The third kappa shape index (κ3) is 5.11. The number of hydrogen-bond acceptors (Lipinski definition) is 3. The first-order valence-electron chi connectivity index (χ1n) is 8.40. The van der Waals surface area contributed by atoms with Crippen molar-refractivity contribution in [1.82, 2.24) is 15.1 Å². The van der Waals surface area contributed by atoms with Gasteiger partial charge in [0.2, 0.25) is 5.91 Å². The number of rotatable bonds is 7. The highest BCUT2D eigenvalue weighted by atomic mass is 16.5. The Hall–Kier alpha value is -2.30. The standard InChI is InChI=1S/C19H27N3O2/c1-13(2)24-18-8-6-17(7-9-18)12-20-19(23)11-16(5)22-15(4)10-14(3)21-22/h6-10,13,16H,11-12H2,1-5H3,(H,20,23)/t16-/m0/s1. The molecule has 5 nitrogen and oxygen atoms in total. The van der Waals surface area contributed by atoms with Gasteiger partial charge in [0.1, 0.15) is 5.75 Å². The summed E-state index contributed by atoms with van der Waals surface area (Å²) in [5.74, 6) is 0.871. The number of carbonyl (C=O) groups is 1. The third-order valence-electron chi connectivity index (χ3n) is 3.73. The molecule has 0 saturated heterocycles. The summed E-state index contributed by atoms with van der Waals surface area (Å²) >= 11 is 0. The van der Waals surface area contributed by atoms with E-state index in [9.17, 15) is 4.79 Å². The van der Waals surface area contributed by atoms with Gasteiger partial charge in [0, 0.05) is 18.7 Å². The van der Waals surface area contributed by atoms with Gasteiger partial charge in [0.15, 0.2) is 0 Å². The maximum Gasteiger partial charge on any atom is 0.222 e. The zero-order valence-electron chi connectivity index (χ0n) is 15.2. The van der Waals surface area contributed by atoms with Gasteiger partial charge in [-0.2, -0.15) is 5.10 Å². The van der Waals surface area contributed by atoms with Gasteiger partial charge < -0.3 is 10.1 Å². The van der Waals surface area contributed by atoms with E-state index < -0.39 is 0 Å². The molecular weight excluding hydrogens is 302 g/mol. The van der Waals surface area contributed by atoms with Crippen molar-refractivity contribution >= 4 is 5.91 Å². The molecule has 5 heteroatoms. The Balaban J connectivity index is 1.83. The van der Waals surface area contributed by atoms with Crippen LogP contribution in [0.5, 0.6) is 5.75 Å². The van der Waals surface area contributed by atoms with Crippen LogP contribution >= 0.6 is 0 Å². The maximum absolute atomic E-state index is 12.2. The van der Waals surface area contributed by atoms with E-state index in [2.05, 4.69) is 10.4 Å². The van der Waals surface area contributed by atoms with E-state index >= 15 is 0 Å². The molecule has 0 bridgehead atoms. The highest BCUT2D eigenvalue weighted by Crippen LogP contribution is 2.15. The number of carbonyl (C=O) groups excluding carboxylic acids is 1. The van der Waals surface area contributed by atoms with Crippen LogP contribution in [0.3, 0.4) is 0 Å². The Morgan fingerprint density at radius 3 is 2.42 bits per heavy atom. The summed E-state index contributed by atoms with van der Waals surface area (Å²) in [7, 11) is 0. The largest absolute Gasteiger partial charge is 0.491 e. The van der Waals surface area contributed by atoms with Crippen LogP contribution in [0.25, 0.3) is 0 Å². The molecule has 0 aliphatic carbocycles. The Labute approximate surface area is 144 Å². The molecule has 1 N–H and O–H groups in total. The zero-order chi connectivity index (χ0) is 17.7. The Morgan fingerprint density at radius 1 is 1.21 bits per heavy atom. The second kappa shape index (κ2) is 7.99. The van der Waals surface area contributed by atoms with Gasteiger partial charge in [-0.25, -0.2) is 0 Å². The maximum atomic E-state index is 12.2. The van der Waals surface area contributed by atoms with Gasteiger partial charge in [-0.05, 0) is 58.4 Å². The topological polar surface area (TPSA) is 56.2 Å².